The van der Waals surface area contributed by atoms with Crippen LogP contribution in [0, 0.1) is 23.4 Å². The number of nitrogens with one attached hydrogen (secondary N) is 2. The number of urea groups is 1. The summed E-state index contributed by atoms with van der Waals surface area (Å²) in [7, 11) is 0. The molecule has 0 saturated heterocycles. The van der Waals surface area contributed by atoms with Gasteiger partial charge in [-0.2, -0.15) is 0 Å². The number of benzene rings is 1. The summed E-state index contributed by atoms with van der Waals surface area (Å²) in [6.45, 7) is 4.51. The summed E-state index contributed by atoms with van der Waals surface area (Å²) in [5.74, 6) is -3.99. The Hall–Kier alpha value is -1.80. The molecular formula is C15H21F3N2O3. The molecule has 0 fully saturated rings. The average Bonchev–Trinajstić information content (AvgIpc) is 2.49. The van der Waals surface area contributed by atoms with E-state index in [2.05, 4.69) is 10.6 Å². The van der Waals surface area contributed by atoms with Crippen LogP contribution in [0.2, 0.25) is 0 Å². The first-order chi connectivity index (χ1) is 10.8. The first-order valence-corrected chi connectivity index (χ1v) is 7.22. The molecule has 0 bridgehead atoms. The Balaban J connectivity index is 2.51. The molecule has 5 nitrogen and oxygen atoms in total. The molecule has 2 amide bonds. The molecular weight excluding hydrogens is 313 g/mol. The summed E-state index contributed by atoms with van der Waals surface area (Å²) in [6.07, 6.45) is 0. The van der Waals surface area contributed by atoms with E-state index >= 15 is 0 Å². The van der Waals surface area contributed by atoms with Crippen molar-refractivity contribution in [3.05, 3.63) is 35.1 Å². The van der Waals surface area contributed by atoms with Crippen LogP contribution in [0.25, 0.3) is 0 Å². The van der Waals surface area contributed by atoms with Gasteiger partial charge in [0.05, 0.1) is 19.3 Å². The number of halogens is 3. The minimum atomic E-state index is -1.60. The number of amides is 2. The zero-order valence-corrected chi connectivity index (χ0v) is 13.0. The van der Waals surface area contributed by atoms with E-state index in [-0.39, 0.29) is 12.1 Å². The van der Waals surface area contributed by atoms with Crippen LogP contribution in [-0.2, 0) is 4.74 Å². The van der Waals surface area contributed by atoms with Crippen molar-refractivity contribution in [2.45, 2.75) is 19.9 Å². The SMILES string of the molecule is CC(C)COCCNC(=O)NC(CO)c1cc(F)c(F)c(F)c1. The monoisotopic (exact) mass is 334 g/mol. The number of hydrogen-bond acceptors (Lipinski definition) is 3. The van der Waals surface area contributed by atoms with Crippen molar-refractivity contribution in [2.24, 2.45) is 5.92 Å². The molecule has 1 aromatic carbocycles. The van der Waals surface area contributed by atoms with Gasteiger partial charge in [0.15, 0.2) is 17.5 Å². The van der Waals surface area contributed by atoms with E-state index in [4.69, 9.17) is 4.74 Å². The Bertz CT molecular complexity index is 504. The molecule has 23 heavy (non-hydrogen) atoms. The van der Waals surface area contributed by atoms with Gasteiger partial charge in [-0.3, -0.25) is 0 Å². The summed E-state index contributed by atoms with van der Waals surface area (Å²) < 4.78 is 44.6. The minimum absolute atomic E-state index is 0.0740. The van der Waals surface area contributed by atoms with Gasteiger partial charge in [0.1, 0.15) is 0 Å². The quantitative estimate of drug-likeness (QED) is 0.504. The highest BCUT2D eigenvalue weighted by Crippen LogP contribution is 2.19. The number of aliphatic hydroxyl groups excluding tert-OH is 1. The second-order valence-corrected chi connectivity index (χ2v) is 5.40. The topological polar surface area (TPSA) is 70.6 Å². The van der Waals surface area contributed by atoms with Crippen LogP contribution in [0.4, 0.5) is 18.0 Å². The van der Waals surface area contributed by atoms with Gasteiger partial charge < -0.3 is 20.5 Å². The van der Waals surface area contributed by atoms with Gasteiger partial charge in [0.25, 0.3) is 0 Å². The average molecular weight is 334 g/mol. The van der Waals surface area contributed by atoms with Crippen LogP contribution in [0.15, 0.2) is 12.1 Å². The third-order valence-electron chi connectivity index (χ3n) is 2.88. The maximum atomic E-state index is 13.2. The Morgan fingerprint density at radius 2 is 1.87 bits per heavy atom. The maximum absolute atomic E-state index is 13.2. The van der Waals surface area contributed by atoms with E-state index < -0.39 is 36.1 Å². The molecule has 0 saturated carbocycles. The number of hydrogen-bond donors (Lipinski definition) is 3. The van der Waals surface area contributed by atoms with E-state index in [9.17, 15) is 23.1 Å². The smallest absolute Gasteiger partial charge is 0.315 e. The number of ether oxygens (including phenoxy) is 1. The van der Waals surface area contributed by atoms with Crippen molar-refractivity contribution in [3.63, 3.8) is 0 Å². The zero-order chi connectivity index (χ0) is 17.4. The predicted molar refractivity (Wildman–Crippen MR) is 78.3 cm³/mol. The molecule has 0 radical (unpaired) electrons. The summed E-state index contributed by atoms with van der Waals surface area (Å²) in [4.78, 5) is 11.7. The third-order valence-corrected chi connectivity index (χ3v) is 2.88. The molecule has 0 aromatic heterocycles. The van der Waals surface area contributed by atoms with Crippen LogP contribution in [-0.4, -0.2) is 37.5 Å². The number of carbonyl (C=O) groups excluding carboxylic acids is 1. The predicted octanol–water partition coefficient (Wildman–Crippen LogP) is 2.11. The van der Waals surface area contributed by atoms with Gasteiger partial charge in [-0.1, -0.05) is 13.8 Å². The summed E-state index contributed by atoms with van der Waals surface area (Å²) >= 11 is 0. The van der Waals surface area contributed by atoms with Gasteiger partial charge >= 0.3 is 6.03 Å². The molecule has 1 atom stereocenters. The van der Waals surface area contributed by atoms with Gasteiger partial charge in [0, 0.05) is 13.2 Å². The van der Waals surface area contributed by atoms with Gasteiger partial charge in [-0.15, -0.1) is 0 Å². The van der Waals surface area contributed by atoms with Crippen LogP contribution in [0.5, 0.6) is 0 Å². The fourth-order valence-electron chi connectivity index (χ4n) is 1.78. The Morgan fingerprint density at radius 3 is 2.39 bits per heavy atom. The highest BCUT2D eigenvalue weighted by molar-refractivity contribution is 5.74. The molecule has 1 rings (SSSR count). The van der Waals surface area contributed by atoms with E-state index in [1.165, 1.54) is 0 Å². The van der Waals surface area contributed by atoms with Crippen LogP contribution < -0.4 is 10.6 Å². The van der Waals surface area contributed by atoms with Crippen LogP contribution in [0.3, 0.4) is 0 Å². The Labute approximate surface area is 132 Å². The van der Waals surface area contributed by atoms with Gasteiger partial charge in [-0.05, 0) is 23.6 Å². The Kier molecular flexibility index (Phi) is 7.84. The molecule has 8 heteroatoms. The van der Waals surface area contributed by atoms with Crippen molar-refractivity contribution in [2.75, 3.05) is 26.4 Å². The van der Waals surface area contributed by atoms with Crippen LogP contribution >= 0.6 is 0 Å². The summed E-state index contributed by atoms with van der Waals surface area (Å²) in [5, 5.41) is 14.1. The molecule has 0 spiro atoms. The summed E-state index contributed by atoms with van der Waals surface area (Å²) in [5.41, 5.74) is -0.0740. The van der Waals surface area contributed by atoms with Crippen molar-refractivity contribution in [1.82, 2.24) is 10.6 Å². The number of rotatable bonds is 8. The minimum Gasteiger partial charge on any atom is -0.394 e. The van der Waals surface area contributed by atoms with E-state index in [1.54, 1.807) is 0 Å². The first-order valence-electron chi connectivity index (χ1n) is 7.22. The highest BCUT2D eigenvalue weighted by Gasteiger charge is 2.18. The van der Waals surface area contributed by atoms with Gasteiger partial charge in [0.2, 0.25) is 0 Å². The maximum Gasteiger partial charge on any atom is 0.315 e. The number of aliphatic hydroxyl groups is 1. The fourth-order valence-corrected chi connectivity index (χ4v) is 1.78. The molecule has 1 aromatic rings. The molecule has 0 aliphatic rings. The van der Waals surface area contributed by atoms with Crippen LogP contribution in [0.1, 0.15) is 25.5 Å². The lowest BCUT2D eigenvalue weighted by atomic mass is 10.1. The highest BCUT2D eigenvalue weighted by atomic mass is 19.2. The van der Waals surface area contributed by atoms with Gasteiger partial charge in [-0.25, -0.2) is 18.0 Å². The number of carbonyl (C=O) groups is 1. The third kappa shape index (κ3) is 6.45. The molecule has 3 N–H and O–H groups in total. The zero-order valence-electron chi connectivity index (χ0n) is 13.0. The lowest BCUT2D eigenvalue weighted by Crippen LogP contribution is -2.40. The lowest BCUT2D eigenvalue weighted by molar-refractivity contribution is 0.112. The van der Waals surface area contributed by atoms with Crippen molar-refractivity contribution in [1.29, 1.82) is 0 Å². The largest absolute Gasteiger partial charge is 0.394 e. The standard InChI is InChI=1S/C15H21F3N2O3/c1-9(2)8-23-4-3-19-15(22)20-13(7-21)10-5-11(16)14(18)12(17)6-10/h5-6,9,13,21H,3-4,7-8H2,1-2H3,(H2,19,20,22). The normalized spacial score (nSPS) is 12.3. The molecule has 130 valence electrons. The van der Waals surface area contributed by atoms with Crippen molar-refractivity contribution < 1.29 is 27.8 Å². The second-order valence-electron chi connectivity index (χ2n) is 5.40. The first kappa shape index (κ1) is 19.2. The van der Waals surface area contributed by atoms with E-state index in [0.29, 0.717) is 19.1 Å². The van der Waals surface area contributed by atoms with Crippen molar-refractivity contribution >= 4 is 6.03 Å². The molecule has 0 aliphatic heterocycles. The molecule has 0 aliphatic carbocycles. The lowest BCUT2D eigenvalue weighted by Gasteiger charge is -2.18. The Morgan fingerprint density at radius 1 is 1.26 bits per heavy atom. The second kappa shape index (κ2) is 9.36. The van der Waals surface area contributed by atoms with Crippen molar-refractivity contribution in [3.8, 4) is 0 Å². The molecule has 1 unspecified atom stereocenters. The summed E-state index contributed by atoms with van der Waals surface area (Å²) in [6, 6.07) is -0.241. The van der Waals surface area contributed by atoms with E-state index in [0.717, 1.165) is 12.1 Å². The fraction of sp³-hybridized carbons (Fsp3) is 0.533. The van der Waals surface area contributed by atoms with E-state index in [1.807, 2.05) is 13.8 Å². The molecule has 0 heterocycles.